The second-order valence-corrected chi connectivity index (χ2v) is 6.87. The highest BCUT2D eigenvalue weighted by Crippen LogP contribution is 2.16. The Bertz CT molecular complexity index is 702. The molecule has 1 fully saturated rings. The van der Waals surface area contributed by atoms with Crippen LogP contribution >= 0.6 is 0 Å². The van der Waals surface area contributed by atoms with E-state index in [9.17, 15) is 4.79 Å². The minimum absolute atomic E-state index is 0.0133. The predicted molar refractivity (Wildman–Crippen MR) is 96.4 cm³/mol. The Balaban J connectivity index is 1.45. The highest BCUT2D eigenvalue weighted by atomic mass is 16.5. The van der Waals surface area contributed by atoms with Crippen molar-refractivity contribution in [3.63, 3.8) is 0 Å². The van der Waals surface area contributed by atoms with Crippen molar-refractivity contribution in [2.24, 2.45) is 0 Å². The van der Waals surface area contributed by atoms with Crippen LogP contribution in [0.1, 0.15) is 49.9 Å². The smallest absolute Gasteiger partial charge is 0.317 e. The van der Waals surface area contributed by atoms with Gasteiger partial charge in [-0.2, -0.15) is 4.98 Å². The molecule has 1 atom stereocenters. The number of ether oxygens (including phenoxy) is 1. The number of hydrogen-bond acceptors (Lipinski definition) is 5. The molecule has 0 unspecified atom stereocenters. The van der Waals surface area contributed by atoms with Crippen molar-refractivity contribution in [3.8, 4) is 0 Å². The minimum atomic E-state index is -0.0537. The fourth-order valence-electron chi connectivity index (χ4n) is 2.89. The molecule has 1 saturated heterocycles. The first-order chi connectivity index (χ1) is 12.6. The van der Waals surface area contributed by atoms with E-state index in [4.69, 9.17) is 9.26 Å². The van der Waals surface area contributed by atoms with Crippen molar-refractivity contribution < 1.29 is 14.1 Å². The maximum atomic E-state index is 12.4. The lowest BCUT2D eigenvalue weighted by molar-refractivity contribution is -0.0103. The van der Waals surface area contributed by atoms with E-state index in [1.165, 1.54) is 0 Å². The van der Waals surface area contributed by atoms with Gasteiger partial charge in [-0.3, -0.25) is 0 Å². The highest BCUT2D eigenvalue weighted by Gasteiger charge is 2.24. The van der Waals surface area contributed by atoms with E-state index >= 15 is 0 Å². The maximum absolute atomic E-state index is 12.4. The van der Waals surface area contributed by atoms with E-state index < -0.39 is 0 Å². The zero-order valence-electron chi connectivity index (χ0n) is 15.4. The molecule has 1 aliphatic heterocycles. The molecular formula is C19H26N4O3. The standard InChI is InChI=1S/C19H26N4O3/c1-14(2)18-21-17(26-22-18)13-25-16-9-6-10-23(12-16)19(24)20-11-15-7-4-3-5-8-15/h3-5,7-8,14,16H,6,9-13H2,1-2H3,(H,20,24)/t16-/m0/s1. The lowest BCUT2D eigenvalue weighted by Gasteiger charge is -2.32. The van der Waals surface area contributed by atoms with E-state index in [1.54, 1.807) is 0 Å². The quantitative estimate of drug-likeness (QED) is 0.858. The fourth-order valence-corrected chi connectivity index (χ4v) is 2.89. The third-order valence-corrected chi connectivity index (χ3v) is 4.39. The number of urea groups is 1. The lowest BCUT2D eigenvalue weighted by atomic mass is 10.1. The summed E-state index contributed by atoms with van der Waals surface area (Å²) < 4.78 is 11.1. The van der Waals surface area contributed by atoms with E-state index in [0.717, 1.165) is 24.9 Å². The summed E-state index contributed by atoms with van der Waals surface area (Å²) in [5, 5.41) is 6.90. The third kappa shape index (κ3) is 5.05. The lowest BCUT2D eigenvalue weighted by Crippen LogP contribution is -2.47. The molecule has 1 aromatic heterocycles. The van der Waals surface area contributed by atoms with Crippen LogP contribution in [0.25, 0.3) is 0 Å². The maximum Gasteiger partial charge on any atom is 0.317 e. The van der Waals surface area contributed by atoms with Crippen LogP contribution in [-0.2, 0) is 17.9 Å². The normalized spacial score (nSPS) is 17.5. The Labute approximate surface area is 153 Å². The number of aromatic nitrogens is 2. The monoisotopic (exact) mass is 358 g/mol. The Hall–Kier alpha value is -2.41. The number of carbonyl (C=O) groups excluding carboxylic acids is 1. The number of amides is 2. The Morgan fingerprint density at radius 2 is 2.19 bits per heavy atom. The van der Waals surface area contributed by atoms with Crippen molar-refractivity contribution in [1.29, 1.82) is 0 Å². The molecule has 2 heterocycles. The molecule has 0 radical (unpaired) electrons. The van der Waals surface area contributed by atoms with Crippen molar-refractivity contribution in [2.45, 2.75) is 51.9 Å². The summed E-state index contributed by atoms with van der Waals surface area (Å²) in [4.78, 5) is 18.5. The second kappa shape index (κ2) is 8.80. The summed E-state index contributed by atoms with van der Waals surface area (Å²) in [6.45, 7) is 6.17. The third-order valence-electron chi connectivity index (χ3n) is 4.39. The topological polar surface area (TPSA) is 80.5 Å². The number of hydrogen-bond donors (Lipinski definition) is 1. The van der Waals surface area contributed by atoms with E-state index in [0.29, 0.717) is 24.8 Å². The molecule has 0 aliphatic carbocycles. The summed E-state index contributed by atoms with van der Waals surface area (Å²) in [5.74, 6) is 1.40. The van der Waals surface area contributed by atoms with Gasteiger partial charge >= 0.3 is 6.03 Å². The number of nitrogens with one attached hydrogen (secondary N) is 1. The predicted octanol–water partition coefficient (Wildman–Crippen LogP) is 3.08. The van der Waals surface area contributed by atoms with E-state index in [1.807, 2.05) is 49.1 Å². The Kier molecular flexibility index (Phi) is 6.22. The molecule has 140 valence electrons. The van der Waals surface area contributed by atoms with Gasteiger partial charge in [0.1, 0.15) is 6.61 Å². The van der Waals surface area contributed by atoms with Crippen molar-refractivity contribution in [2.75, 3.05) is 13.1 Å². The van der Waals surface area contributed by atoms with Gasteiger partial charge in [0, 0.05) is 25.6 Å². The van der Waals surface area contributed by atoms with Gasteiger partial charge in [0.2, 0.25) is 0 Å². The molecule has 2 amide bonds. The molecule has 3 rings (SSSR count). The number of rotatable bonds is 6. The average molecular weight is 358 g/mol. The van der Waals surface area contributed by atoms with Gasteiger partial charge in [-0.15, -0.1) is 0 Å². The molecule has 7 heteroatoms. The summed E-state index contributed by atoms with van der Waals surface area (Å²) in [7, 11) is 0. The van der Waals surface area contributed by atoms with Crippen LogP contribution in [-0.4, -0.2) is 40.3 Å². The van der Waals surface area contributed by atoms with Crippen molar-refractivity contribution in [1.82, 2.24) is 20.4 Å². The van der Waals surface area contributed by atoms with Crippen LogP contribution in [0.15, 0.2) is 34.9 Å². The number of benzene rings is 1. The van der Waals surface area contributed by atoms with Gasteiger partial charge in [-0.25, -0.2) is 4.79 Å². The van der Waals surface area contributed by atoms with Crippen molar-refractivity contribution >= 4 is 6.03 Å². The average Bonchev–Trinajstić information content (AvgIpc) is 3.15. The highest BCUT2D eigenvalue weighted by molar-refractivity contribution is 5.74. The SMILES string of the molecule is CC(C)c1noc(CO[C@H]2CCCN(C(=O)NCc3ccccc3)C2)n1. The van der Waals surface area contributed by atoms with Gasteiger partial charge in [0.05, 0.1) is 6.10 Å². The minimum Gasteiger partial charge on any atom is -0.367 e. The van der Waals surface area contributed by atoms with Crippen LogP contribution in [0.5, 0.6) is 0 Å². The van der Waals surface area contributed by atoms with Crippen LogP contribution < -0.4 is 5.32 Å². The van der Waals surface area contributed by atoms with E-state index in [2.05, 4.69) is 15.5 Å². The summed E-state index contributed by atoms with van der Waals surface area (Å²) >= 11 is 0. The molecule has 2 aromatic rings. The van der Waals surface area contributed by atoms with Gasteiger partial charge in [-0.1, -0.05) is 49.3 Å². The Morgan fingerprint density at radius 3 is 2.92 bits per heavy atom. The molecule has 7 nitrogen and oxygen atoms in total. The second-order valence-electron chi connectivity index (χ2n) is 6.87. The molecular weight excluding hydrogens is 332 g/mol. The fraction of sp³-hybridized carbons (Fsp3) is 0.526. The number of piperidine rings is 1. The number of nitrogens with zero attached hydrogens (tertiary/aromatic N) is 3. The molecule has 1 N–H and O–H groups in total. The number of likely N-dealkylation sites (tertiary alicyclic amines) is 1. The summed E-state index contributed by atoms with van der Waals surface area (Å²) in [6.07, 6.45) is 1.83. The largest absolute Gasteiger partial charge is 0.367 e. The van der Waals surface area contributed by atoms with Crippen LogP contribution in [0, 0.1) is 0 Å². The van der Waals surface area contributed by atoms with Gasteiger partial charge in [0.15, 0.2) is 5.82 Å². The summed E-state index contributed by atoms with van der Waals surface area (Å²) in [6, 6.07) is 9.84. The van der Waals surface area contributed by atoms with Gasteiger partial charge in [-0.05, 0) is 18.4 Å². The molecule has 26 heavy (non-hydrogen) atoms. The summed E-state index contributed by atoms with van der Waals surface area (Å²) in [5.41, 5.74) is 1.09. The molecule has 0 saturated carbocycles. The first-order valence-electron chi connectivity index (χ1n) is 9.12. The van der Waals surface area contributed by atoms with Gasteiger partial charge in [0.25, 0.3) is 5.89 Å². The van der Waals surface area contributed by atoms with E-state index in [-0.39, 0.29) is 24.7 Å². The zero-order chi connectivity index (χ0) is 18.4. The molecule has 1 aliphatic rings. The Morgan fingerprint density at radius 1 is 1.38 bits per heavy atom. The van der Waals surface area contributed by atoms with Crippen LogP contribution in [0.3, 0.4) is 0 Å². The molecule has 0 spiro atoms. The zero-order valence-corrected chi connectivity index (χ0v) is 15.4. The first-order valence-corrected chi connectivity index (χ1v) is 9.12. The molecule has 0 bridgehead atoms. The van der Waals surface area contributed by atoms with Crippen LogP contribution in [0.4, 0.5) is 4.79 Å². The first kappa shape index (κ1) is 18.4. The van der Waals surface area contributed by atoms with Gasteiger partial charge < -0.3 is 19.5 Å². The van der Waals surface area contributed by atoms with Crippen molar-refractivity contribution in [3.05, 3.63) is 47.6 Å². The van der Waals surface area contributed by atoms with Crippen LogP contribution in [0.2, 0.25) is 0 Å². The number of carbonyl (C=O) groups is 1. The molecule has 1 aromatic carbocycles.